The summed E-state index contributed by atoms with van der Waals surface area (Å²) in [4.78, 5) is 0. The van der Waals surface area contributed by atoms with Gasteiger partial charge in [0.15, 0.2) is 0 Å². The number of phenols is 1. The van der Waals surface area contributed by atoms with Crippen molar-refractivity contribution in [3.63, 3.8) is 0 Å². The maximum Gasteiger partial charge on any atom is 0.122 e. The maximum atomic E-state index is 9.28. The van der Waals surface area contributed by atoms with E-state index in [0.29, 0.717) is 11.9 Å². The third-order valence-electron chi connectivity index (χ3n) is 2.74. The van der Waals surface area contributed by atoms with Gasteiger partial charge in [-0.05, 0) is 56.6 Å². The zero-order valence-corrected chi connectivity index (χ0v) is 8.99. The molecule has 0 bridgehead atoms. The first-order valence-electron chi connectivity index (χ1n) is 5.43. The predicted molar refractivity (Wildman–Crippen MR) is 59.4 cm³/mol. The Balaban J connectivity index is 2.03. The highest BCUT2D eigenvalue weighted by Gasteiger charge is 2.15. The fraction of sp³-hybridized carbons (Fsp3) is 0.500. The topological polar surface area (TPSA) is 41.5 Å². The first kappa shape index (κ1) is 10.3. The standard InChI is InChI=1S/C12H17NO2/c1-9-8-10(14)2-3-12(9)15-11-4-6-13-7-5-11/h2-3,8,11,13-14H,4-7H2,1H3. The maximum absolute atomic E-state index is 9.28. The van der Waals surface area contributed by atoms with Crippen molar-refractivity contribution in [3.8, 4) is 11.5 Å². The highest BCUT2D eigenvalue weighted by atomic mass is 16.5. The Bertz CT molecular complexity index is 332. The molecule has 1 aliphatic heterocycles. The van der Waals surface area contributed by atoms with E-state index in [1.807, 2.05) is 13.0 Å². The molecular formula is C12H17NO2. The van der Waals surface area contributed by atoms with Crippen LogP contribution in [0.5, 0.6) is 11.5 Å². The number of aryl methyl sites for hydroxylation is 1. The summed E-state index contributed by atoms with van der Waals surface area (Å²) in [6, 6.07) is 5.24. The van der Waals surface area contributed by atoms with Gasteiger partial charge in [0.05, 0.1) is 0 Å². The molecule has 1 heterocycles. The van der Waals surface area contributed by atoms with Gasteiger partial charge in [-0.3, -0.25) is 0 Å². The molecule has 1 fully saturated rings. The minimum Gasteiger partial charge on any atom is -0.508 e. The molecule has 0 atom stereocenters. The molecule has 0 saturated carbocycles. The van der Waals surface area contributed by atoms with Crippen LogP contribution in [0.15, 0.2) is 18.2 Å². The van der Waals surface area contributed by atoms with Crippen LogP contribution in [0.1, 0.15) is 18.4 Å². The average Bonchev–Trinajstić information content (AvgIpc) is 2.24. The Labute approximate surface area is 90.1 Å². The minimum absolute atomic E-state index is 0.296. The molecule has 3 heteroatoms. The number of phenolic OH excluding ortho intramolecular Hbond substituents is 1. The van der Waals surface area contributed by atoms with Gasteiger partial charge in [-0.15, -0.1) is 0 Å². The van der Waals surface area contributed by atoms with Crippen molar-refractivity contribution in [1.82, 2.24) is 5.32 Å². The molecule has 1 aromatic carbocycles. The molecule has 1 aromatic rings. The zero-order valence-electron chi connectivity index (χ0n) is 8.99. The molecule has 2 rings (SSSR count). The van der Waals surface area contributed by atoms with Crippen molar-refractivity contribution in [3.05, 3.63) is 23.8 Å². The van der Waals surface area contributed by atoms with Gasteiger partial charge in [-0.2, -0.15) is 0 Å². The molecule has 0 spiro atoms. The molecule has 15 heavy (non-hydrogen) atoms. The SMILES string of the molecule is Cc1cc(O)ccc1OC1CCNCC1. The van der Waals surface area contributed by atoms with Crippen LogP contribution in [0, 0.1) is 6.92 Å². The summed E-state index contributed by atoms with van der Waals surface area (Å²) >= 11 is 0. The van der Waals surface area contributed by atoms with Crippen LogP contribution in [0.3, 0.4) is 0 Å². The number of benzene rings is 1. The van der Waals surface area contributed by atoms with E-state index in [0.717, 1.165) is 37.2 Å². The smallest absolute Gasteiger partial charge is 0.122 e. The van der Waals surface area contributed by atoms with Crippen LogP contribution in [-0.2, 0) is 0 Å². The van der Waals surface area contributed by atoms with Crippen LogP contribution in [0.2, 0.25) is 0 Å². The summed E-state index contributed by atoms with van der Waals surface area (Å²) in [6.07, 6.45) is 2.43. The van der Waals surface area contributed by atoms with Crippen LogP contribution >= 0.6 is 0 Å². The van der Waals surface area contributed by atoms with Crippen LogP contribution in [0.4, 0.5) is 0 Å². The zero-order chi connectivity index (χ0) is 10.7. The van der Waals surface area contributed by atoms with Gasteiger partial charge in [-0.1, -0.05) is 0 Å². The van der Waals surface area contributed by atoms with Gasteiger partial charge in [0.1, 0.15) is 17.6 Å². The normalized spacial score (nSPS) is 17.7. The Morgan fingerprint density at radius 2 is 2.07 bits per heavy atom. The van der Waals surface area contributed by atoms with Crippen LogP contribution in [-0.4, -0.2) is 24.3 Å². The summed E-state index contributed by atoms with van der Waals surface area (Å²) in [6.45, 7) is 4.01. The van der Waals surface area contributed by atoms with Gasteiger partial charge < -0.3 is 15.2 Å². The molecule has 0 radical (unpaired) electrons. The molecule has 0 aliphatic carbocycles. The lowest BCUT2D eigenvalue weighted by atomic mass is 10.1. The number of aromatic hydroxyl groups is 1. The largest absolute Gasteiger partial charge is 0.508 e. The molecule has 82 valence electrons. The van der Waals surface area contributed by atoms with Crippen LogP contribution < -0.4 is 10.1 Å². The molecule has 3 nitrogen and oxygen atoms in total. The van der Waals surface area contributed by atoms with Gasteiger partial charge >= 0.3 is 0 Å². The summed E-state index contributed by atoms with van der Waals surface area (Å²) in [5.41, 5.74) is 0.994. The van der Waals surface area contributed by atoms with Crippen LogP contribution in [0.25, 0.3) is 0 Å². The van der Waals surface area contributed by atoms with Crippen molar-refractivity contribution in [2.75, 3.05) is 13.1 Å². The van der Waals surface area contributed by atoms with E-state index in [-0.39, 0.29) is 0 Å². The monoisotopic (exact) mass is 207 g/mol. The Morgan fingerprint density at radius 3 is 2.73 bits per heavy atom. The van der Waals surface area contributed by atoms with Crippen molar-refractivity contribution in [1.29, 1.82) is 0 Å². The highest BCUT2D eigenvalue weighted by Crippen LogP contribution is 2.24. The second kappa shape index (κ2) is 4.53. The number of piperidine rings is 1. The molecule has 0 unspecified atom stereocenters. The van der Waals surface area contributed by atoms with E-state index in [4.69, 9.17) is 4.74 Å². The number of ether oxygens (including phenoxy) is 1. The van der Waals surface area contributed by atoms with Crippen molar-refractivity contribution >= 4 is 0 Å². The van der Waals surface area contributed by atoms with Gasteiger partial charge in [0, 0.05) is 0 Å². The van der Waals surface area contributed by atoms with E-state index < -0.39 is 0 Å². The molecule has 0 amide bonds. The van der Waals surface area contributed by atoms with Crippen molar-refractivity contribution in [2.24, 2.45) is 0 Å². The number of rotatable bonds is 2. The molecule has 2 N–H and O–H groups in total. The first-order chi connectivity index (χ1) is 7.25. The lowest BCUT2D eigenvalue weighted by molar-refractivity contribution is 0.161. The summed E-state index contributed by atoms with van der Waals surface area (Å²) in [5.74, 6) is 1.19. The van der Waals surface area contributed by atoms with E-state index in [9.17, 15) is 5.11 Å². The predicted octanol–water partition coefficient (Wildman–Crippen LogP) is 1.83. The summed E-state index contributed by atoms with van der Waals surface area (Å²) in [5, 5.41) is 12.6. The lowest BCUT2D eigenvalue weighted by Gasteiger charge is -2.24. The van der Waals surface area contributed by atoms with E-state index in [1.165, 1.54) is 0 Å². The quantitative estimate of drug-likeness (QED) is 0.777. The van der Waals surface area contributed by atoms with E-state index >= 15 is 0 Å². The third-order valence-corrected chi connectivity index (χ3v) is 2.74. The van der Waals surface area contributed by atoms with Gasteiger partial charge in [-0.25, -0.2) is 0 Å². The Kier molecular flexibility index (Phi) is 3.11. The Hall–Kier alpha value is -1.22. The molecular weight excluding hydrogens is 190 g/mol. The number of hydrogen-bond acceptors (Lipinski definition) is 3. The molecule has 0 aromatic heterocycles. The van der Waals surface area contributed by atoms with Gasteiger partial charge in [0.2, 0.25) is 0 Å². The fourth-order valence-electron chi connectivity index (χ4n) is 1.86. The van der Waals surface area contributed by atoms with E-state index in [2.05, 4.69) is 5.32 Å². The van der Waals surface area contributed by atoms with Gasteiger partial charge in [0.25, 0.3) is 0 Å². The number of hydrogen-bond donors (Lipinski definition) is 2. The fourth-order valence-corrected chi connectivity index (χ4v) is 1.86. The van der Waals surface area contributed by atoms with Crippen molar-refractivity contribution < 1.29 is 9.84 Å². The molecule has 1 saturated heterocycles. The second-order valence-corrected chi connectivity index (χ2v) is 4.02. The first-order valence-corrected chi connectivity index (χ1v) is 5.43. The van der Waals surface area contributed by atoms with Crippen molar-refractivity contribution in [2.45, 2.75) is 25.9 Å². The average molecular weight is 207 g/mol. The molecule has 1 aliphatic rings. The second-order valence-electron chi connectivity index (χ2n) is 4.02. The summed E-state index contributed by atoms with van der Waals surface area (Å²) < 4.78 is 5.89. The summed E-state index contributed by atoms with van der Waals surface area (Å²) in [7, 11) is 0. The third kappa shape index (κ3) is 2.63. The van der Waals surface area contributed by atoms with E-state index in [1.54, 1.807) is 12.1 Å². The number of nitrogens with one attached hydrogen (secondary N) is 1. The highest BCUT2D eigenvalue weighted by molar-refractivity contribution is 5.38. The Morgan fingerprint density at radius 1 is 1.33 bits per heavy atom. The lowest BCUT2D eigenvalue weighted by Crippen LogP contribution is -2.34. The minimum atomic E-state index is 0.296.